The van der Waals surface area contributed by atoms with E-state index in [1.807, 2.05) is 11.8 Å². The van der Waals surface area contributed by atoms with Crippen LogP contribution in [0.1, 0.15) is 34.1 Å². The minimum Gasteiger partial charge on any atom is -0.369 e. The van der Waals surface area contributed by atoms with Gasteiger partial charge in [-0.05, 0) is 58.4 Å². The zero-order valence-corrected chi connectivity index (χ0v) is 15.1. The smallest absolute Gasteiger partial charge is 0.0677 e. The van der Waals surface area contributed by atoms with Gasteiger partial charge in [-0.2, -0.15) is 0 Å². The summed E-state index contributed by atoms with van der Waals surface area (Å²) in [5.41, 5.74) is 6.25. The van der Waals surface area contributed by atoms with Gasteiger partial charge in [0.15, 0.2) is 0 Å². The summed E-state index contributed by atoms with van der Waals surface area (Å²) in [6.07, 6.45) is 1.03. The summed E-state index contributed by atoms with van der Waals surface area (Å²) in [4.78, 5) is 1.26. The van der Waals surface area contributed by atoms with E-state index in [1.165, 1.54) is 4.90 Å². The van der Waals surface area contributed by atoms with Crippen molar-refractivity contribution in [2.75, 3.05) is 5.75 Å². The van der Waals surface area contributed by atoms with E-state index in [1.54, 1.807) is 0 Å². The lowest BCUT2D eigenvalue weighted by Crippen LogP contribution is -2.42. The van der Waals surface area contributed by atoms with E-state index in [9.17, 15) is 0 Å². The molecule has 2 N–H and O–H groups in total. The molecule has 0 saturated carbocycles. The number of benzene rings is 1. The van der Waals surface area contributed by atoms with Crippen LogP contribution in [0, 0.1) is 5.92 Å². The van der Waals surface area contributed by atoms with Crippen LogP contribution in [0.3, 0.4) is 0 Å². The number of hydrogen-bond acceptors (Lipinski definition) is 3. The molecule has 112 valence electrons. The molecule has 1 fully saturated rings. The van der Waals surface area contributed by atoms with Gasteiger partial charge in [0.2, 0.25) is 0 Å². The van der Waals surface area contributed by atoms with Crippen molar-refractivity contribution in [3.63, 3.8) is 0 Å². The fourth-order valence-electron chi connectivity index (χ4n) is 3.11. The van der Waals surface area contributed by atoms with Crippen LogP contribution in [0.5, 0.6) is 0 Å². The largest absolute Gasteiger partial charge is 0.369 e. The second-order valence-corrected chi connectivity index (χ2v) is 8.71. The first-order valence-electron chi connectivity index (χ1n) is 7.04. The average molecular weight is 358 g/mol. The topological polar surface area (TPSA) is 35.2 Å². The molecule has 4 heteroatoms. The van der Waals surface area contributed by atoms with E-state index < -0.39 is 0 Å². The maximum Gasteiger partial charge on any atom is 0.0677 e. The highest BCUT2D eigenvalue weighted by Gasteiger charge is 2.47. The normalized spacial score (nSPS) is 25.6. The Labute approximate surface area is 135 Å². The first-order valence-corrected chi connectivity index (χ1v) is 8.82. The highest BCUT2D eigenvalue weighted by Crippen LogP contribution is 2.43. The zero-order chi connectivity index (χ0) is 15.0. The molecule has 2 unspecified atom stereocenters. The van der Waals surface area contributed by atoms with Crippen LogP contribution in [-0.2, 0) is 4.74 Å². The van der Waals surface area contributed by atoms with E-state index in [-0.39, 0.29) is 17.2 Å². The Hall–Kier alpha value is -0.0300. The molecular weight excluding hydrogens is 334 g/mol. The summed E-state index contributed by atoms with van der Waals surface area (Å²) >= 11 is 5.28. The van der Waals surface area contributed by atoms with Gasteiger partial charge in [-0.25, -0.2) is 0 Å². The van der Waals surface area contributed by atoms with Crippen LogP contribution in [0.2, 0.25) is 0 Å². The van der Waals surface area contributed by atoms with Gasteiger partial charge in [0.1, 0.15) is 0 Å². The first kappa shape index (κ1) is 16.3. The lowest BCUT2D eigenvalue weighted by molar-refractivity contribution is -0.0759. The predicted octanol–water partition coefficient (Wildman–Crippen LogP) is 4.46. The van der Waals surface area contributed by atoms with Crippen molar-refractivity contribution in [2.24, 2.45) is 11.7 Å². The lowest BCUT2D eigenvalue weighted by Gasteiger charge is -2.30. The number of ether oxygens (including phenoxy) is 1. The molecular formula is C16H24BrNOS. The standard InChI is InChI=1S/C16H24BrNOS/c1-15(2)9-13(16(3,4)19-15)14(18)10-20-12-7-5-11(17)6-8-12/h5-8,13-14H,9-10,18H2,1-4H3. The van der Waals surface area contributed by atoms with Crippen LogP contribution in [0.25, 0.3) is 0 Å². The first-order chi connectivity index (χ1) is 9.20. The molecule has 1 aliphatic heterocycles. The Balaban J connectivity index is 1.95. The number of halogens is 1. The Morgan fingerprint density at radius 2 is 1.90 bits per heavy atom. The number of nitrogens with two attached hydrogens (primary N) is 1. The van der Waals surface area contributed by atoms with Crippen LogP contribution < -0.4 is 5.73 Å². The van der Waals surface area contributed by atoms with Crippen molar-refractivity contribution < 1.29 is 4.74 Å². The highest BCUT2D eigenvalue weighted by molar-refractivity contribution is 9.10. The average Bonchev–Trinajstić information content (AvgIpc) is 2.56. The minimum absolute atomic E-state index is 0.0614. The zero-order valence-electron chi connectivity index (χ0n) is 12.7. The SMILES string of the molecule is CC1(C)CC(C(N)CSc2ccc(Br)cc2)C(C)(C)O1. The van der Waals surface area contributed by atoms with Crippen LogP contribution in [0.15, 0.2) is 33.6 Å². The van der Waals surface area contributed by atoms with Crippen molar-refractivity contribution in [2.45, 2.75) is 56.3 Å². The quantitative estimate of drug-likeness (QED) is 0.807. The van der Waals surface area contributed by atoms with Gasteiger partial charge in [0.05, 0.1) is 11.2 Å². The monoisotopic (exact) mass is 357 g/mol. The Kier molecular flexibility index (Phi) is 4.90. The van der Waals surface area contributed by atoms with Crippen molar-refractivity contribution in [3.05, 3.63) is 28.7 Å². The third kappa shape index (κ3) is 4.00. The second kappa shape index (κ2) is 5.99. The van der Waals surface area contributed by atoms with Gasteiger partial charge in [0.25, 0.3) is 0 Å². The van der Waals surface area contributed by atoms with Gasteiger partial charge >= 0.3 is 0 Å². The van der Waals surface area contributed by atoms with Crippen LogP contribution in [-0.4, -0.2) is 23.0 Å². The van der Waals surface area contributed by atoms with Gasteiger partial charge in [-0.15, -0.1) is 11.8 Å². The number of hydrogen-bond donors (Lipinski definition) is 1. The molecule has 1 heterocycles. The number of rotatable bonds is 4. The summed E-state index contributed by atoms with van der Waals surface area (Å²) in [5, 5.41) is 0. The molecule has 0 aliphatic carbocycles. The molecule has 0 amide bonds. The van der Waals surface area contributed by atoms with Crippen molar-refractivity contribution >= 4 is 27.7 Å². The van der Waals surface area contributed by atoms with E-state index in [0.29, 0.717) is 5.92 Å². The molecule has 2 nitrogen and oxygen atoms in total. The van der Waals surface area contributed by atoms with E-state index >= 15 is 0 Å². The van der Waals surface area contributed by atoms with Crippen LogP contribution in [0.4, 0.5) is 0 Å². The molecule has 1 aromatic carbocycles. The third-order valence-electron chi connectivity index (χ3n) is 3.92. The Bertz CT molecular complexity index is 458. The van der Waals surface area contributed by atoms with Gasteiger partial charge in [-0.1, -0.05) is 15.9 Å². The van der Waals surface area contributed by atoms with E-state index in [0.717, 1.165) is 16.6 Å². The molecule has 1 saturated heterocycles. The summed E-state index contributed by atoms with van der Waals surface area (Å²) in [7, 11) is 0. The molecule has 0 bridgehead atoms. The van der Waals surface area contributed by atoms with Crippen LogP contribution >= 0.6 is 27.7 Å². The van der Waals surface area contributed by atoms with Gasteiger partial charge in [0, 0.05) is 27.1 Å². The maximum atomic E-state index is 6.44. The van der Waals surface area contributed by atoms with Crippen molar-refractivity contribution in [1.82, 2.24) is 0 Å². The molecule has 0 aromatic heterocycles. The fourth-order valence-corrected chi connectivity index (χ4v) is 4.32. The van der Waals surface area contributed by atoms with Gasteiger partial charge < -0.3 is 10.5 Å². The predicted molar refractivity (Wildman–Crippen MR) is 90.2 cm³/mol. The molecule has 0 spiro atoms. The molecule has 1 aromatic rings. The molecule has 20 heavy (non-hydrogen) atoms. The summed E-state index contributed by atoms with van der Waals surface area (Å²) in [6.45, 7) is 8.64. The summed E-state index contributed by atoms with van der Waals surface area (Å²) in [6, 6.07) is 8.54. The molecule has 1 aliphatic rings. The lowest BCUT2D eigenvalue weighted by atomic mass is 9.83. The van der Waals surface area contributed by atoms with Crippen molar-refractivity contribution in [1.29, 1.82) is 0 Å². The minimum atomic E-state index is -0.136. The van der Waals surface area contributed by atoms with E-state index in [2.05, 4.69) is 67.9 Å². The van der Waals surface area contributed by atoms with Crippen molar-refractivity contribution in [3.8, 4) is 0 Å². The van der Waals surface area contributed by atoms with E-state index in [4.69, 9.17) is 10.5 Å². The fraction of sp³-hybridized carbons (Fsp3) is 0.625. The second-order valence-electron chi connectivity index (χ2n) is 6.70. The molecule has 2 rings (SSSR count). The summed E-state index contributed by atoms with van der Waals surface area (Å²) < 4.78 is 7.25. The third-order valence-corrected chi connectivity index (χ3v) is 5.60. The Morgan fingerprint density at radius 3 is 2.40 bits per heavy atom. The highest BCUT2D eigenvalue weighted by atomic mass is 79.9. The van der Waals surface area contributed by atoms with Gasteiger partial charge in [-0.3, -0.25) is 0 Å². The molecule has 2 atom stereocenters. The maximum absolute atomic E-state index is 6.44. The summed E-state index contributed by atoms with van der Waals surface area (Å²) in [5.74, 6) is 1.33. The Morgan fingerprint density at radius 1 is 1.30 bits per heavy atom. The molecule has 0 radical (unpaired) electrons. The number of thioether (sulfide) groups is 1.